The third-order valence-corrected chi connectivity index (χ3v) is 3.77. The van der Waals surface area contributed by atoms with Gasteiger partial charge in [-0.3, -0.25) is 9.59 Å². The lowest BCUT2D eigenvalue weighted by atomic mass is 10.0. The van der Waals surface area contributed by atoms with Crippen molar-refractivity contribution in [2.75, 3.05) is 11.4 Å². The second-order valence-electron chi connectivity index (χ2n) is 5.09. The van der Waals surface area contributed by atoms with Gasteiger partial charge in [0.05, 0.1) is 12.5 Å². The highest BCUT2D eigenvalue weighted by Gasteiger charge is 2.35. The maximum Gasteiger partial charge on any atom is 0.312 e. The number of aryl methyl sites for hydroxylation is 1. The lowest BCUT2D eigenvalue weighted by molar-refractivity contribution is -0.138. The van der Waals surface area contributed by atoms with E-state index < -0.39 is 11.9 Å². The predicted octanol–water partition coefficient (Wildman–Crippen LogP) is 2.43. The highest BCUT2D eigenvalue weighted by molar-refractivity contribution is 5.99. The molecule has 1 aromatic heterocycles. The molecule has 1 amide bonds. The molecule has 0 unspecified atom stereocenters. The first kappa shape index (κ1) is 13.4. The van der Waals surface area contributed by atoms with Crippen molar-refractivity contribution in [1.82, 2.24) is 0 Å². The van der Waals surface area contributed by atoms with Gasteiger partial charge in [0, 0.05) is 18.7 Å². The molecule has 1 aliphatic rings. The molecule has 0 spiro atoms. The fraction of sp³-hybridized carbons (Fsp3) is 0.250. The Kier molecular flexibility index (Phi) is 3.48. The molecule has 0 fully saturated rings. The Morgan fingerprint density at radius 3 is 2.81 bits per heavy atom. The lowest BCUT2D eigenvalue weighted by Gasteiger charge is -2.17. The quantitative estimate of drug-likeness (QED) is 0.936. The van der Waals surface area contributed by atoms with Crippen LogP contribution in [0.2, 0.25) is 0 Å². The van der Waals surface area contributed by atoms with Gasteiger partial charge in [-0.15, -0.1) is 0 Å². The van der Waals surface area contributed by atoms with Crippen LogP contribution in [0.4, 0.5) is 5.69 Å². The van der Waals surface area contributed by atoms with Crippen LogP contribution in [0.5, 0.6) is 0 Å². The van der Waals surface area contributed by atoms with E-state index in [0.717, 1.165) is 5.56 Å². The van der Waals surface area contributed by atoms with Gasteiger partial charge in [0.2, 0.25) is 5.91 Å². The van der Waals surface area contributed by atoms with Crippen molar-refractivity contribution in [3.63, 3.8) is 0 Å². The first-order valence-electron chi connectivity index (χ1n) is 6.80. The first-order chi connectivity index (χ1) is 10.2. The molecule has 0 saturated heterocycles. The normalized spacial score (nSPS) is 16.8. The Bertz CT molecular complexity index is 663. The van der Waals surface area contributed by atoms with E-state index in [2.05, 4.69) is 0 Å². The SMILES string of the molecule is O=C(O)[C@@H]1CN(C(=O)CCc2ccoc2)c2ccccc21. The molecule has 0 radical (unpaired) electrons. The summed E-state index contributed by atoms with van der Waals surface area (Å²) in [5, 5.41) is 9.29. The predicted molar refractivity (Wildman–Crippen MR) is 76.2 cm³/mol. The number of rotatable bonds is 4. The smallest absolute Gasteiger partial charge is 0.312 e. The summed E-state index contributed by atoms with van der Waals surface area (Å²) in [6.07, 6.45) is 4.11. The number of hydrogen-bond donors (Lipinski definition) is 1. The lowest BCUT2D eigenvalue weighted by Crippen LogP contribution is -2.31. The number of para-hydroxylation sites is 1. The Balaban J connectivity index is 1.76. The Hall–Kier alpha value is -2.56. The third-order valence-electron chi connectivity index (χ3n) is 3.77. The van der Waals surface area contributed by atoms with Gasteiger partial charge in [0.15, 0.2) is 0 Å². The highest BCUT2D eigenvalue weighted by Crippen LogP contribution is 2.36. The van der Waals surface area contributed by atoms with Crippen LogP contribution in [0.15, 0.2) is 47.3 Å². The average molecular weight is 285 g/mol. The molecular formula is C16H15NO4. The van der Waals surface area contributed by atoms with E-state index in [0.29, 0.717) is 24.1 Å². The molecule has 0 aliphatic carbocycles. The molecular weight excluding hydrogens is 270 g/mol. The molecule has 1 N–H and O–H groups in total. The number of carbonyl (C=O) groups is 2. The number of fused-ring (bicyclic) bond motifs is 1. The van der Waals surface area contributed by atoms with Gasteiger partial charge in [-0.2, -0.15) is 0 Å². The van der Waals surface area contributed by atoms with Crippen LogP contribution in [0.1, 0.15) is 23.5 Å². The van der Waals surface area contributed by atoms with E-state index in [1.54, 1.807) is 35.6 Å². The number of carbonyl (C=O) groups excluding carboxylic acids is 1. The summed E-state index contributed by atoms with van der Waals surface area (Å²) in [6.45, 7) is 0.207. The van der Waals surface area contributed by atoms with Crippen LogP contribution in [-0.2, 0) is 16.0 Å². The summed E-state index contributed by atoms with van der Waals surface area (Å²) in [6, 6.07) is 9.02. The van der Waals surface area contributed by atoms with Crippen LogP contribution in [0.25, 0.3) is 0 Å². The molecule has 2 heterocycles. The summed E-state index contributed by atoms with van der Waals surface area (Å²) >= 11 is 0. The molecule has 1 aliphatic heterocycles. The number of carboxylic acid groups (broad SMARTS) is 1. The number of anilines is 1. The molecule has 1 atom stereocenters. The second-order valence-corrected chi connectivity index (χ2v) is 5.09. The average Bonchev–Trinajstić information content (AvgIpc) is 3.12. The number of furan rings is 1. The topological polar surface area (TPSA) is 70.8 Å². The Morgan fingerprint density at radius 1 is 1.29 bits per heavy atom. The second kappa shape index (κ2) is 5.44. The van der Waals surface area contributed by atoms with E-state index >= 15 is 0 Å². The number of hydrogen-bond acceptors (Lipinski definition) is 3. The van der Waals surface area contributed by atoms with Crippen molar-refractivity contribution in [2.45, 2.75) is 18.8 Å². The van der Waals surface area contributed by atoms with Gasteiger partial charge in [-0.1, -0.05) is 18.2 Å². The van der Waals surface area contributed by atoms with Gasteiger partial charge >= 0.3 is 5.97 Å². The molecule has 108 valence electrons. The molecule has 21 heavy (non-hydrogen) atoms. The number of benzene rings is 1. The van der Waals surface area contributed by atoms with Crippen molar-refractivity contribution in [1.29, 1.82) is 0 Å². The van der Waals surface area contributed by atoms with E-state index in [4.69, 9.17) is 4.42 Å². The van der Waals surface area contributed by atoms with Crippen molar-refractivity contribution >= 4 is 17.6 Å². The summed E-state index contributed by atoms with van der Waals surface area (Å²) in [5.74, 6) is -1.60. The van der Waals surface area contributed by atoms with E-state index in [1.165, 1.54) is 0 Å². The van der Waals surface area contributed by atoms with Gasteiger partial charge in [-0.05, 0) is 29.7 Å². The maximum atomic E-state index is 12.4. The zero-order valence-corrected chi connectivity index (χ0v) is 11.4. The van der Waals surface area contributed by atoms with Crippen LogP contribution < -0.4 is 4.90 Å². The molecule has 5 heteroatoms. The van der Waals surface area contributed by atoms with Gasteiger partial charge in [0.1, 0.15) is 5.92 Å². The van der Waals surface area contributed by atoms with Crippen LogP contribution in [0.3, 0.4) is 0 Å². The summed E-state index contributed by atoms with van der Waals surface area (Å²) < 4.78 is 4.97. The zero-order valence-electron chi connectivity index (χ0n) is 11.4. The molecule has 0 saturated carbocycles. The minimum atomic E-state index is -0.896. The summed E-state index contributed by atoms with van der Waals surface area (Å²) in [4.78, 5) is 25.3. The highest BCUT2D eigenvalue weighted by atomic mass is 16.4. The van der Waals surface area contributed by atoms with Crippen LogP contribution in [0, 0.1) is 0 Å². The number of aliphatic carboxylic acids is 1. The van der Waals surface area contributed by atoms with E-state index in [1.807, 2.05) is 12.1 Å². The molecule has 2 aromatic rings. The van der Waals surface area contributed by atoms with Crippen LogP contribution in [-0.4, -0.2) is 23.5 Å². The molecule has 5 nitrogen and oxygen atoms in total. The van der Waals surface area contributed by atoms with E-state index in [-0.39, 0.29) is 12.5 Å². The monoisotopic (exact) mass is 285 g/mol. The van der Waals surface area contributed by atoms with Gasteiger partial charge in [0.25, 0.3) is 0 Å². The Morgan fingerprint density at radius 2 is 2.10 bits per heavy atom. The van der Waals surface area contributed by atoms with Gasteiger partial charge < -0.3 is 14.4 Å². The summed E-state index contributed by atoms with van der Waals surface area (Å²) in [5.41, 5.74) is 2.38. The first-order valence-corrected chi connectivity index (χ1v) is 6.80. The minimum absolute atomic E-state index is 0.0626. The fourth-order valence-corrected chi connectivity index (χ4v) is 2.68. The minimum Gasteiger partial charge on any atom is -0.481 e. The van der Waals surface area contributed by atoms with Crippen molar-refractivity contribution in [3.8, 4) is 0 Å². The van der Waals surface area contributed by atoms with Crippen molar-refractivity contribution in [3.05, 3.63) is 54.0 Å². The summed E-state index contributed by atoms with van der Waals surface area (Å²) in [7, 11) is 0. The zero-order chi connectivity index (χ0) is 14.8. The van der Waals surface area contributed by atoms with E-state index in [9.17, 15) is 14.7 Å². The number of amides is 1. The number of nitrogens with zero attached hydrogens (tertiary/aromatic N) is 1. The fourth-order valence-electron chi connectivity index (χ4n) is 2.68. The standard InChI is InChI=1S/C16H15NO4/c18-15(6-5-11-7-8-21-10-11)17-9-13(16(19)20)12-3-1-2-4-14(12)17/h1-4,7-8,10,13H,5-6,9H2,(H,19,20)/t13-/m1/s1. The molecule has 1 aromatic carbocycles. The van der Waals surface area contributed by atoms with Crippen molar-refractivity contribution in [2.24, 2.45) is 0 Å². The van der Waals surface area contributed by atoms with Gasteiger partial charge in [-0.25, -0.2) is 0 Å². The molecule has 0 bridgehead atoms. The van der Waals surface area contributed by atoms with Crippen molar-refractivity contribution < 1.29 is 19.1 Å². The Labute approximate surface area is 121 Å². The largest absolute Gasteiger partial charge is 0.481 e. The molecule has 3 rings (SSSR count). The van der Waals surface area contributed by atoms with Crippen LogP contribution >= 0.6 is 0 Å². The number of carboxylic acids is 1. The maximum absolute atomic E-state index is 12.4. The third kappa shape index (κ3) is 2.54.